The van der Waals surface area contributed by atoms with Crippen LogP contribution in [0.3, 0.4) is 0 Å². The Kier molecular flexibility index (Phi) is 6.58. The standard InChI is InChI=1S/C25H19N3O4S3/c29-23(26-18-12-14-20(15-13-18)32-19-7-2-1-3-8-19)17-34-25-27-21-9-4-5-10-22(21)28(25)35(30,31)24-11-6-16-33-24/h1-16H,17H2,(H,26,29). The molecule has 0 radical (unpaired) electrons. The Balaban J connectivity index is 1.30. The molecule has 0 bridgehead atoms. The highest BCUT2D eigenvalue weighted by Crippen LogP contribution is 2.30. The zero-order valence-electron chi connectivity index (χ0n) is 18.2. The first kappa shape index (κ1) is 23.2. The number of nitrogens with one attached hydrogen (secondary N) is 1. The Bertz CT molecular complexity index is 1560. The number of para-hydroxylation sites is 3. The Labute approximate surface area is 210 Å². The number of hydrogen-bond donors (Lipinski definition) is 1. The van der Waals surface area contributed by atoms with Crippen LogP contribution in [-0.4, -0.2) is 29.0 Å². The van der Waals surface area contributed by atoms with Gasteiger partial charge in [0.05, 0.1) is 16.8 Å². The van der Waals surface area contributed by atoms with Crippen LogP contribution in [0.15, 0.2) is 106 Å². The van der Waals surface area contributed by atoms with Crippen LogP contribution in [0.5, 0.6) is 11.5 Å². The highest BCUT2D eigenvalue weighted by atomic mass is 32.2. The number of ether oxygens (including phenoxy) is 1. The number of hydrogen-bond acceptors (Lipinski definition) is 7. The van der Waals surface area contributed by atoms with E-state index in [1.807, 2.05) is 30.3 Å². The summed E-state index contributed by atoms with van der Waals surface area (Å²) in [4.78, 5) is 17.1. The molecule has 0 unspecified atom stereocenters. The van der Waals surface area contributed by atoms with Gasteiger partial charge in [-0.1, -0.05) is 48.2 Å². The van der Waals surface area contributed by atoms with Crippen LogP contribution in [0, 0.1) is 0 Å². The van der Waals surface area contributed by atoms with E-state index in [1.165, 1.54) is 3.97 Å². The summed E-state index contributed by atoms with van der Waals surface area (Å²) in [6.07, 6.45) is 0. The molecule has 0 saturated carbocycles. The van der Waals surface area contributed by atoms with Crippen molar-refractivity contribution in [2.75, 3.05) is 11.1 Å². The van der Waals surface area contributed by atoms with E-state index >= 15 is 0 Å². The van der Waals surface area contributed by atoms with Crippen LogP contribution in [0.25, 0.3) is 11.0 Å². The largest absolute Gasteiger partial charge is 0.457 e. The third kappa shape index (κ3) is 5.09. The number of benzene rings is 3. The van der Waals surface area contributed by atoms with Crippen molar-refractivity contribution in [3.8, 4) is 11.5 Å². The lowest BCUT2D eigenvalue weighted by Gasteiger charge is -2.10. The summed E-state index contributed by atoms with van der Waals surface area (Å²) in [5.41, 5.74) is 1.62. The van der Waals surface area contributed by atoms with E-state index in [9.17, 15) is 13.2 Å². The normalized spacial score (nSPS) is 11.4. The van der Waals surface area contributed by atoms with Crippen molar-refractivity contribution < 1.29 is 17.9 Å². The van der Waals surface area contributed by atoms with Gasteiger partial charge in [0.15, 0.2) is 5.16 Å². The number of carbonyl (C=O) groups is 1. The van der Waals surface area contributed by atoms with Crippen LogP contribution in [-0.2, 0) is 14.8 Å². The SMILES string of the molecule is O=C(CSc1nc2ccccc2n1S(=O)(=O)c1cccs1)Nc1ccc(Oc2ccccc2)cc1. The molecule has 2 aromatic heterocycles. The Hall–Kier alpha value is -3.60. The molecule has 5 rings (SSSR count). The molecule has 3 aromatic carbocycles. The Morgan fingerprint density at radius 3 is 2.37 bits per heavy atom. The third-order valence-corrected chi connectivity index (χ3v) is 9.06. The minimum Gasteiger partial charge on any atom is -0.457 e. The molecule has 0 aliphatic rings. The van der Waals surface area contributed by atoms with Gasteiger partial charge >= 0.3 is 0 Å². The van der Waals surface area contributed by atoms with Crippen molar-refractivity contribution in [1.29, 1.82) is 0 Å². The van der Waals surface area contributed by atoms with Gasteiger partial charge in [-0.15, -0.1) is 11.3 Å². The zero-order chi connectivity index (χ0) is 24.3. The van der Waals surface area contributed by atoms with E-state index < -0.39 is 10.0 Å². The van der Waals surface area contributed by atoms with Crippen molar-refractivity contribution in [2.24, 2.45) is 0 Å². The van der Waals surface area contributed by atoms with Crippen molar-refractivity contribution >= 4 is 55.7 Å². The van der Waals surface area contributed by atoms with Crippen molar-refractivity contribution in [1.82, 2.24) is 8.96 Å². The second-order valence-corrected chi connectivity index (χ2v) is 11.3. The first-order chi connectivity index (χ1) is 17.0. The molecule has 0 saturated heterocycles. The second kappa shape index (κ2) is 9.95. The van der Waals surface area contributed by atoms with E-state index in [0.717, 1.165) is 28.8 Å². The van der Waals surface area contributed by atoms with Gasteiger partial charge < -0.3 is 10.1 Å². The number of carbonyl (C=O) groups excluding carboxylic acids is 1. The molecular formula is C25H19N3O4S3. The number of rotatable bonds is 8. The van der Waals surface area contributed by atoms with E-state index in [2.05, 4.69) is 10.3 Å². The maximum absolute atomic E-state index is 13.3. The summed E-state index contributed by atoms with van der Waals surface area (Å²) in [6, 6.07) is 26.7. The average Bonchev–Trinajstić information content (AvgIpc) is 3.54. The molecule has 10 heteroatoms. The molecule has 0 aliphatic carbocycles. The topological polar surface area (TPSA) is 90.3 Å². The molecule has 1 amide bonds. The fourth-order valence-corrected chi connectivity index (χ4v) is 6.94. The van der Waals surface area contributed by atoms with Crippen LogP contribution in [0.1, 0.15) is 0 Å². The lowest BCUT2D eigenvalue weighted by molar-refractivity contribution is -0.113. The second-order valence-electron chi connectivity index (χ2n) is 7.36. The fourth-order valence-electron chi connectivity index (χ4n) is 3.36. The van der Waals surface area contributed by atoms with Gasteiger partial charge in [-0.25, -0.2) is 8.96 Å². The molecule has 0 atom stereocenters. The molecule has 7 nitrogen and oxygen atoms in total. The van der Waals surface area contributed by atoms with Gasteiger partial charge in [0, 0.05) is 5.69 Å². The number of thioether (sulfide) groups is 1. The van der Waals surface area contributed by atoms with Gasteiger partial charge in [0.1, 0.15) is 15.7 Å². The van der Waals surface area contributed by atoms with Gasteiger partial charge in [-0.2, -0.15) is 8.42 Å². The summed E-state index contributed by atoms with van der Waals surface area (Å²) in [5.74, 6) is 1.09. The maximum atomic E-state index is 13.3. The first-order valence-electron chi connectivity index (χ1n) is 10.5. The predicted octanol–water partition coefficient (Wildman–Crippen LogP) is 5.86. The number of aromatic nitrogens is 2. The maximum Gasteiger partial charge on any atom is 0.279 e. The number of thiophene rings is 1. The number of nitrogens with zero attached hydrogens (tertiary/aromatic N) is 2. The molecule has 0 spiro atoms. The Morgan fingerprint density at radius 2 is 1.63 bits per heavy atom. The summed E-state index contributed by atoms with van der Waals surface area (Å²) in [6.45, 7) is 0. The fraction of sp³-hybridized carbons (Fsp3) is 0.0400. The lowest BCUT2D eigenvalue weighted by Crippen LogP contribution is -2.16. The highest BCUT2D eigenvalue weighted by Gasteiger charge is 2.25. The molecule has 0 aliphatic heterocycles. The van der Waals surface area contributed by atoms with E-state index in [1.54, 1.807) is 66.0 Å². The van der Waals surface area contributed by atoms with Gasteiger partial charge in [0.2, 0.25) is 5.91 Å². The van der Waals surface area contributed by atoms with Crippen molar-refractivity contribution in [3.05, 3.63) is 96.4 Å². The smallest absolute Gasteiger partial charge is 0.279 e. The molecule has 176 valence electrons. The minimum atomic E-state index is -3.84. The summed E-state index contributed by atoms with van der Waals surface area (Å²) in [7, 11) is -3.84. The van der Waals surface area contributed by atoms with E-state index in [-0.39, 0.29) is 21.0 Å². The molecule has 2 heterocycles. The predicted molar refractivity (Wildman–Crippen MR) is 139 cm³/mol. The molecule has 0 fully saturated rings. The third-order valence-electron chi connectivity index (χ3n) is 4.93. The summed E-state index contributed by atoms with van der Waals surface area (Å²) >= 11 is 2.21. The lowest BCUT2D eigenvalue weighted by atomic mass is 10.3. The average molecular weight is 522 g/mol. The van der Waals surface area contributed by atoms with Crippen LogP contribution >= 0.6 is 23.1 Å². The first-order valence-corrected chi connectivity index (χ1v) is 13.8. The van der Waals surface area contributed by atoms with Crippen LogP contribution < -0.4 is 10.1 Å². The van der Waals surface area contributed by atoms with Gasteiger partial charge in [-0.05, 0) is 60.0 Å². The van der Waals surface area contributed by atoms with Gasteiger partial charge in [0.25, 0.3) is 10.0 Å². The molecule has 5 aromatic rings. The minimum absolute atomic E-state index is 0.00838. The highest BCUT2D eigenvalue weighted by molar-refractivity contribution is 8.00. The molecule has 35 heavy (non-hydrogen) atoms. The van der Waals surface area contributed by atoms with Crippen molar-refractivity contribution in [3.63, 3.8) is 0 Å². The Morgan fingerprint density at radius 1 is 0.914 bits per heavy atom. The zero-order valence-corrected chi connectivity index (χ0v) is 20.6. The number of amides is 1. The van der Waals surface area contributed by atoms with E-state index in [4.69, 9.17) is 4.74 Å². The van der Waals surface area contributed by atoms with E-state index in [0.29, 0.717) is 22.5 Å². The summed E-state index contributed by atoms with van der Waals surface area (Å²) < 4.78 is 33.8. The monoisotopic (exact) mass is 521 g/mol. The van der Waals surface area contributed by atoms with Gasteiger partial charge in [-0.3, -0.25) is 4.79 Å². The molecular weight excluding hydrogens is 502 g/mol. The summed E-state index contributed by atoms with van der Waals surface area (Å²) in [5, 5.41) is 4.77. The van der Waals surface area contributed by atoms with Crippen molar-refractivity contribution in [2.45, 2.75) is 9.37 Å². The number of fused-ring (bicyclic) bond motifs is 1. The van der Waals surface area contributed by atoms with Crippen LogP contribution in [0.2, 0.25) is 0 Å². The molecule has 1 N–H and O–H groups in total. The number of anilines is 1. The van der Waals surface area contributed by atoms with Crippen LogP contribution in [0.4, 0.5) is 5.69 Å². The quantitative estimate of drug-likeness (QED) is 0.257. The number of imidazole rings is 1.